The zero-order valence-corrected chi connectivity index (χ0v) is 15.1. The average Bonchev–Trinajstić information content (AvgIpc) is 2.75. The van der Waals surface area contributed by atoms with E-state index in [1.807, 2.05) is 0 Å². The molecule has 1 heterocycles. The molecule has 2 unspecified atom stereocenters. The van der Waals surface area contributed by atoms with Crippen molar-refractivity contribution < 1.29 is 5.11 Å². The lowest BCUT2D eigenvalue weighted by molar-refractivity contribution is -0.0189. The molecule has 2 atom stereocenters. The van der Waals surface area contributed by atoms with Gasteiger partial charge in [0, 0.05) is 17.2 Å². The van der Waals surface area contributed by atoms with Crippen LogP contribution in [0.5, 0.6) is 0 Å². The van der Waals surface area contributed by atoms with Crippen LogP contribution in [0.4, 0.5) is 0 Å². The maximum Gasteiger partial charge on any atom is 0.0957 e. The first-order valence-corrected chi connectivity index (χ1v) is 9.23. The Morgan fingerprint density at radius 3 is 2.71 bits per heavy atom. The number of thiazole rings is 1. The predicted octanol–water partition coefficient (Wildman–Crippen LogP) is 4.95. The molecule has 0 saturated heterocycles. The number of aromatic nitrogens is 1. The molecule has 1 saturated carbocycles. The van der Waals surface area contributed by atoms with Crippen molar-refractivity contribution in [2.24, 2.45) is 11.8 Å². The van der Waals surface area contributed by atoms with Crippen LogP contribution >= 0.6 is 11.3 Å². The fourth-order valence-electron chi connectivity index (χ4n) is 3.51. The highest BCUT2D eigenvalue weighted by Gasteiger charge is 2.35. The summed E-state index contributed by atoms with van der Waals surface area (Å²) in [6.45, 7) is 11.1. The summed E-state index contributed by atoms with van der Waals surface area (Å²) in [5.74, 6) is 1.41. The van der Waals surface area contributed by atoms with E-state index in [2.05, 4.69) is 40.0 Å². The van der Waals surface area contributed by atoms with E-state index in [-0.39, 0.29) is 5.41 Å². The van der Waals surface area contributed by atoms with E-state index in [0.29, 0.717) is 5.92 Å². The molecule has 1 aromatic heterocycles. The third-order valence-corrected chi connectivity index (χ3v) is 5.38. The predicted molar refractivity (Wildman–Crippen MR) is 90.9 cm³/mol. The van der Waals surface area contributed by atoms with E-state index >= 15 is 0 Å². The molecule has 0 amide bonds. The van der Waals surface area contributed by atoms with Gasteiger partial charge < -0.3 is 5.11 Å². The lowest BCUT2D eigenvalue weighted by Gasteiger charge is -2.37. The number of nitrogens with zero attached hydrogens (tertiary/aromatic N) is 1. The Morgan fingerprint density at radius 1 is 1.43 bits per heavy atom. The Bertz CT molecular complexity index is 460. The maximum absolute atomic E-state index is 11.0. The van der Waals surface area contributed by atoms with Crippen LogP contribution in [0.1, 0.15) is 77.4 Å². The Kier molecular flexibility index (Phi) is 5.15. The first kappa shape index (κ1) is 17.0. The van der Waals surface area contributed by atoms with E-state index in [1.165, 1.54) is 12.8 Å². The summed E-state index contributed by atoms with van der Waals surface area (Å²) < 4.78 is 0. The summed E-state index contributed by atoms with van der Waals surface area (Å²) in [6, 6.07) is 0. The molecule has 1 N–H and O–H groups in total. The molecule has 1 aromatic rings. The second-order valence-corrected chi connectivity index (χ2v) is 9.31. The smallest absolute Gasteiger partial charge is 0.0957 e. The minimum atomic E-state index is -0.523. The fraction of sp³-hybridized carbons (Fsp3) is 0.833. The third kappa shape index (κ3) is 4.79. The van der Waals surface area contributed by atoms with Crippen molar-refractivity contribution in [1.29, 1.82) is 0 Å². The highest BCUT2D eigenvalue weighted by molar-refractivity contribution is 7.09. The summed E-state index contributed by atoms with van der Waals surface area (Å²) in [6.07, 6.45) is 6.31. The topological polar surface area (TPSA) is 33.1 Å². The van der Waals surface area contributed by atoms with Gasteiger partial charge in [-0.25, -0.2) is 4.98 Å². The maximum atomic E-state index is 11.0. The molecule has 120 valence electrons. The van der Waals surface area contributed by atoms with Gasteiger partial charge in [0.05, 0.1) is 16.3 Å². The van der Waals surface area contributed by atoms with Crippen LogP contribution in [0.2, 0.25) is 0 Å². The second-order valence-electron chi connectivity index (χ2n) is 8.37. The number of hydrogen-bond acceptors (Lipinski definition) is 3. The summed E-state index contributed by atoms with van der Waals surface area (Å²) in [7, 11) is 0. The van der Waals surface area contributed by atoms with Crippen molar-refractivity contribution >= 4 is 11.3 Å². The lowest BCUT2D eigenvalue weighted by Crippen LogP contribution is -2.37. The molecular formula is C18H31NOS. The van der Waals surface area contributed by atoms with Gasteiger partial charge in [-0.15, -0.1) is 11.3 Å². The van der Waals surface area contributed by atoms with E-state index in [0.717, 1.165) is 42.3 Å². The van der Waals surface area contributed by atoms with Crippen molar-refractivity contribution in [3.8, 4) is 0 Å². The Morgan fingerprint density at radius 2 is 2.14 bits per heavy atom. The molecule has 21 heavy (non-hydrogen) atoms. The molecule has 1 aliphatic carbocycles. The van der Waals surface area contributed by atoms with Gasteiger partial charge in [0.2, 0.25) is 0 Å². The molecule has 2 nitrogen and oxygen atoms in total. The van der Waals surface area contributed by atoms with Gasteiger partial charge in [0.15, 0.2) is 0 Å². The lowest BCUT2D eigenvalue weighted by atomic mass is 9.74. The largest absolute Gasteiger partial charge is 0.389 e. The van der Waals surface area contributed by atoms with Crippen LogP contribution < -0.4 is 0 Å². The van der Waals surface area contributed by atoms with Crippen LogP contribution in [-0.4, -0.2) is 15.7 Å². The Balaban J connectivity index is 2.02. The SMILES string of the molecule is CC(C)CC1CCCC(O)(Cc2nc(C(C)(C)C)cs2)C1. The van der Waals surface area contributed by atoms with E-state index < -0.39 is 5.60 Å². The van der Waals surface area contributed by atoms with Crippen molar-refractivity contribution in [2.75, 3.05) is 0 Å². The summed E-state index contributed by atoms with van der Waals surface area (Å²) >= 11 is 1.71. The van der Waals surface area contributed by atoms with Crippen molar-refractivity contribution in [2.45, 2.75) is 84.2 Å². The van der Waals surface area contributed by atoms with Gasteiger partial charge in [-0.05, 0) is 31.1 Å². The van der Waals surface area contributed by atoms with Crippen LogP contribution in [0, 0.1) is 11.8 Å². The standard InChI is InChI=1S/C18H31NOS/c1-13(2)9-14-7-6-8-18(20,10-14)11-16-19-15(12-21-16)17(3,4)5/h12-14,20H,6-11H2,1-5H3. The Hall–Kier alpha value is -0.410. The van der Waals surface area contributed by atoms with Gasteiger partial charge in [-0.2, -0.15) is 0 Å². The van der Waals surface area contributed by atoms with Crippen molar-refractivity contribution in [1.82, 2.24) is 4.98 Å². The van der Waals surface area contributed by atoms with Crippen LogP contribution in [0.15, 0.2) is 5.38 Å². The first-order valence-electron chi connectivity index (χ1n) is 8.35. The quantitative estimate of drug-likeness (QED) is 0.853. The highest BCUT2D eigenvalue weighted by atomic mass is 32.1. The third-order valence-electron chi connectivity index (χ3n) is 4.53. The molecule has 0 aromatic carbocycles. The summed E-state index contributed by atoms with van der Waals surface area (Å²) in [4.78, 5) is 4.77. The molecule has 0 bridgehead atoms. The molecule has 1 fully saturated rings. The van der Waals surface area contributed by atoms with Gasteiger partial charge >= 0.3 is 0 Å². The summed E-state index contributed by atoms with van der Waals surface area (Å²) in [5.41, 5.74) is 0.732. The minimum Gasteiger partial charge on any atom is -0.389 e. The molecule has 0 spiro atoms. The average molecular weight is 310 g/mol. The molecule has 0 aliphatic heterocycles. The number of aliphatic hydroxyl groups is 1. The first-order chi connectivity index (χ1) is 9.68. The van der Waals surface area contributed by atoms with E-state index in [9.17, 15) is 5.11 Å². The van der Waals surface area contributed by atoms with Crippen LogP contribution in [0.3, 0.4) is 0 Å². The molecule has 1 aliphatic rings. The van der Waals surface area contributed by atoms with Gasteiger partial charge in [0.1, 0.15) is 0 Å². The second kappa shape index (κ2) is 6.37. The van der Waals surface area contributed by atoms with Crippen molar-refractivity contribution in [3.05, 3.63) is 16.1 Å². The fourth-order valence-corrected chi connectivity index (χ4v) is 4.66. The van der Waals surface area contributed by atoms with Crippen LogP contribution in [-0.2, 0) is 11.8 Å². The summed E-state index contributed by atoms with van der Waals surface area (Å²) in [5, 5.41) is 14.3. The van der Waals surface area contributed by atoms with E-state index in [4.69, 9.17) is 4.98 Å². The number of rotatable bonds is 4. The van der Waals surface area contributed by atoms with Gasteiger partial charge in [-0.1, -0.05) is 47.5 Å². The molecule has 0 radical (unpaired) electrons. The zero-order valence-electron chi connectivity index (χ0n) is 14.3. The van der Waals surface area contributed by atoms with Crippen LogP contribution in [0.25, 0.3) is 0 Å². The number of hydrogen-bond donors (Lipinski definition) is 1. The highest BCUT2D eigenvalue weighted by Crippen LogP contribution is 2.38. The molecular weight excluding hydrogens is 278 g/mol. The molecule has 3 heteroatoms. The van der Waals surface area contributed by atoms with E-state index in [1.54, 1.807) is 11.3 Å². The van der Waals surface area contributed by atoms with Crippen molar-refractivity contribution in [3.63, 3.8) is 0 Å². The monoisotopic (exact) mass is 309 g/mol. The minimum absolute atomic E-state index is 0.101. The Labute approximate surface area is 134 Å². The normalized spacial score (nSPS) is 27.3. The van der Waals surface area contributed by atoms with Gasteiger partial charge in [0.25, 0.3) is 0 Å². The van der Waals surface area contributed by atoms with Gasteiger partial charge in [-0.3, -0.25) is 0 Å². The molecule has 2 rings (SSSR count). The zero-order chi connectivity index (χ0) is 15.7.